The topological polar surface area (TPSA) is 80.7 Å². The minimum absolute atomic E-state index is 0.295. The highest BCUT2D eigenvalue weighted by molar-refractivity contribution is 5.78. The van der Waals surface area contributed by atoms with Crippen molar-refractivity contribution in [1.82, 2.24) is 10.3 Å². The molecule has 1 atom stereocenters. The first-order valence-corrected chi connectivity index (χ1v) is 6.52. The number of carboxylic acid groups (broad SMARTS) is 1. The summed E-state index contributed by atoms with van der Waals surface area (Å²) in [7, 11) is 3.08. The fourth-order valence-electron chi connectivity index (χ4n) is 2.03. The van der Waals surface area contributed by atoms with Crippen molar-refractivity contribution >= 4 is 5.97 Å². The number of methoxy groups -OCH3 is 2. The lowest BCUT2D eigenvalue weighted by atomic mass is 9.96. The smallest absolute Gasteiger partial charge is 0.323 e. The van der Waals surface area contributed by atoms with E-state index in [0.717, 1.165) is 6.42 Å². The van der Waals surface area contributed by atoms with E-state index >= 15 is 0 Å². The van der Waals surface area contributed by atoms with E-state index < -0.39 is 11.5 Å². The maximum Gasteiger partial charge on any atom is 0.323 e. The zero-order valence-corrected chi connectivity index (χ0v) is 12.4. The summed E-state index contributed by atoms with van der Waals surface area (Å²) in [5.74, 6) is 0.222. The van der Waals surface area contributed by atoms with Gasteiger partial charge in [-0.25, -0.2) is 0 Å². The molecule has 6 nitrogen and oxygen atoms in total. The van der Waals surface area contributed by atoms with E-state index in [1.165, 1.54) is 7.11 Å². The molecule has 1 aromatic heterocycles. The number of nitrogens with one attached hydrogen (secondary N) is 1. The molecule has 2 N–H and O–H groups in total. The fourth-order valence-corrected chi connectivity index (χ4v) is 2.03. The van der Waals surface area contributed by atoms with Gasteiger partial charge in [0, 0.05) is 18.8 Å². The van der Waals surface area contributed by atoms with Gasteiger partial charge in [0.15, 0.2) is 11.5 Å². The van der Waals surface area contributed by atoms with E-state index in [1.807, 2.05) is 6.92 Å². The molecule has 0 amide bonds. The summed E-state index contributed by atoms with van der Waals surface area (Å²) in [6.45, 7) is 3.92. The molecule has 1 unspecified atom stereocenters. The van der Waals surface area contributed by atoms with Crippen LogP contribution in [0.25, 0.3) is 0 Å². The Balaban J connectivity index is 2.91. The van der Waals surface area contributed by atoms with Gasteiger partial charge < -0.3 is 14.6 Å². The van der Waals surface area contributed by atoms with Crippen molar-refractivity contribution in [1.29, 1.82) is 0 Å². The summed E-state index contributed by atoms with van der Waals surface area (Å²) in [5, 5.41) is 12.4. The lowest BCUT2D eigenvalue weighted by molar-refractivity contribution is -0.144. The molecule has 1 heterocycles. The molecule has 20 heavy (non-hydrogen) atoms. The van der Waals surface area contributed by atoms with Crippen LogP contribution in [0.1, 0.15) is 32.4 Å². The van der Waals surface area contributed by atoms with Gasteiger partial charge in [0.05, 0.1) is 19.9 Å². The van der Waals surface area contributed by atoms with Crippen LogP contribution in [-0.2, 0) is 11.3 Å². The van der Waals surface area contributed by atoms with Gasteiger partial charge >= 0.3 is 5.97 Å². The van der Waals surface area contributed by atoms with Gasteiger partial charge in [-0.05, 0) is 13.3 Å². The van der Waals surface area contributed by atoms with E-state index in [2.05, 4.69) is 10.3 Å². The van der Waals surface area contributed by atoms with Crippen LogP contribution in [0.3, 0.4) is 0 Å². The Morgan fingerprint density at radius 1 is 1.45 bits per heavy atom. The second-order valence-corrected chi connectivity index (χ2v) is 4.73. The Morgan fingerprint density at radius 2 is 2.15 bits per heavy atom. The van der Waals surface area contributed by atoms with Crippen LogP contribution in [0.2, 0.25) is 0 Å². The molecule has 0 aliphatic rings. The molecule has 112 valence electrons. The quantitative estimate of drug-likeness (QED) is 0.757. The third-order valence-corrected chi connectivity index (χ3v) is 3.23. The van der Waals surface area contributed by atoms with E-state index in [1.54, 1.807) is 26.3 Å². The summed E-state index contributed by atoms with van der Waals surface area (Å²) in [6, 6.07) is 1.70. The molecule has 0 radical (unpaired) electrons. The van der Waals surface area contributed by atoms with Crippen LogP contribution in [0.4, 0.5) is 0 Å². The van der Waals surface area contributed by atoms with Gasteiger partial charge in [-0.3, -0.25) is 15.1 Å². The van der Waals surface area contributed by atoms with Gasteiger partial charge in [-0.15, -0.1) is 0 Å². The Bertz CT molecular complexity index is 464. The molecule has 0 bridgehead atoms. The number of hydrogen-bond acceptors (Lipinski definition) is 5. The Morgan fingerprint density at radius 3 is 2.65 bits per heavy atom. The number of pyridine rings is 1. The second kappa shape index (κ2) is 7.09. The van der Waals surface area contributed by atoms with Gasteiger partial charge in [0.25, 0.3) is 0 Å². The van der Waals surface area contributed by atoms with Crippen molar-refractivity contribution in [3.05, 3.63) is 18.0 Å². The number of hydrogen-bond donors (Lipinski definition) is 2. The number of carboxylic acids is 1. The van der Waals surface area contributed by atoms with E-state index in [-0.39, 0.29) is 0 Å². The molecular formula is C14H22N2O4. The Hall–Kier alpha value is -1.82. The van der Waals surface area contributed by atoms with Gasteiger partial charge in [0.1, 0.15) is 5.54 Å². The van der Waals surface area contributed by atoms with Gasteiger partial charge in [-0.2, -0.15) is 0 Å². The van der Waals surface area contributed by atoms with Crippen molar-refractivity contribution in [3.8, 4) is 11.5 Å². The zero-order valence-electron chi connectivity index (χ0n) is 12.4. The number of nitrogens with zero attached hydrogens (tertiary/aromatic N) is 1. The first kappa shape index (κ1) is 16.2. The average Bonchev–Trinajstić information content (AvgIpc) is 2.44. The second-order valence-electron chi connectivity index (χ2n) is 4.73. The lowest BCUT2D eigenvalue weighted by Crippen LogP contribution is -2.49. The highest BCUT2D eigenvalue weighted by atomic mass is 16.5. The number of rotatable bonds is 8. The summed E-state index contributed by atoms with van der Waals surface area (Å²) < 4.78 is 10.5. The number of ether oxygens (including phenoxy) is 2. The van der Waals surface area contributed by atoms with Crippen molar-refractivity contribution < 1.29 is 19.4 Å². The predicted molar refractivity (Wildman–Crippen MR) is 75.1 cm³/mol. The molecule has 0 aliphatic heterocycles. The number of carbonyl (C=O) groups is 1. The third-order valence-electron chi connectivity index (χ3n) is 3.23. The largest absolute Gasteiger partial charge is 0.493 e. The molecule has 0 aliphatic carbocycles. The summed E-state index contributed by atoms with van der Waals surface area (Å²) in [4.78, 5) is 15.6. The van der Waals surface area contributed by atoms with Crippen LogP contribution >= 0.6 is 0 Å². The minimum atomic E-state index is -0.982. The van der Waals surface area contributed by atoms with Crippen molar-refractivity contribution in [2.45, 2.75) is 38.8 Å². The Labute approximate surface area is 119 Å². The fraction of sp³-hybridized carbons (Fsp3) is 0.571. The standard InChI is InChI=1S/C14H22N2O4/c1-5-7-14(2,13(17)18)16-9-10-12(20-4)11(19-3)6-8-15-10/h6,8,16H,5,7,9H2,1-4H3,(H,17,18). The molecule has 6 heteroatoms. The normalized spacial score (nSPS) is 13.6. The zero-order chi connectivity index (χ0) is 15.2. The van der Waals surface area contributed by atoms with Gasteiger partial charge in [0.2, 0.25) is 0 Å². The van der Waals surface area contributed by atoms with Crippen LogP contribution in [-0.4, -0.2) is 35.8 Å². The molecule has 1 rings (SSSR count). The highest BCUT2D eigenvalue weighted by Crippen LogP contribution is 2.29. The predicted octanol–water partition coefficient (Wildman–Crippen LogP) is 1.83. The van der Waals surface area contributed by atoms with E-state index in [0.29, 0.717) is 30.2 Å². The van der Waals surface area contributed by atoms with Crippen molar-refractivity contribution in [2.75, 3.05) is 14.2 Å². The monoisotopic (exact) mass is 282 g/mol. The average molecular weight is 282 g/mol. The maximum atomic E-state index is 11.4. The van der Waals surface area contributed by atoms with Crippen LogP contribution in [0.15, 0.2) is 12.3 Å². The SMILES string of the molecule is CCCC(C)(NCc1nccc(OC)c1OC)C(=O)O. The molecule has 1 aromatic rings. The molecule has 0 aromatic carbocycles. The molecule has 0 saturated carbocycles. The van der Waals surface area contributed by atoms with Gasteiger partial charge in [-0.1, -0.05) is 13.3 Å². The summed E-state index contributed by atoms with van der Waals surface area (Å²) in [5.41, 5.74) is -0.361. The van der Waals surface area contributed by atoms with Crippen molar-refractivity contribution in [2.24, 2.45) is 0 Å². The molecule has 0 saturated heterocycles. The minimum Gasteiger partial charge on any atom is -0.493 e. The number of aromatic nitrogens is 1. The number of aliphatic carboxylic acids is 1. The van der Waals surface area contributed by atoms with Crippen LogP contribution in [0, 0.1) is 0 Å². The molecular weight excluding hydrogens is 260 g/mol. The molecule has 0 spiro atoms. The van der Waals surface area contributed by atoms with E-state index in [9.17, 15) is 9.90 Å². The first-order valence-electron chi connectivity index (χ1n) is 6.52. The summed E-state index contributed by atoms with van der Waals surface area (Å²) >= 11 is 0. The van der Waals surface area contributed by atoms with Crippen LogP contribution in [0.5, 0.6) is 11.5 Å². The maximum absolute atomic E-state index is 11.4. The van der Waals surface area contributed by atoms with Crippen LogP contribution < -0.4 is 14.8 Å². The molecule has 0 fully saturated rings. The Kier molecular flexibility index (Phi) is 5.76. The van der Waals surface area contributed by atoms with Crippen molar-refractivity contribution in [3.63, 3.8) is 0 Å². The highest BCUT2D eigenvalue weighted by Gasteiger charge is 2.31. The van der Waals surface area contributed by atoms with E-state index in [4.69, 9.17) is 9.47 Å². The third kappa shape index (κ3) is 3.60. The lowest BCUT2D eigenvalue weighted by Gasteiger charge is -2.26. The summed E-state index contributed by atoms with van der Waals surface area (Å²) in [6.07, 6.45) is 2.92. The first-order chi connectivity index (χ1) is 9.48.